The van der Waals surface area contributed by atoms with Crippen molar-refractivity contribution in [2.45, 2.75) is 64.3 Å². The average Bonchev–Trinajstić information content (AvgIpc) is 3.09. The van der Waals surface area contributed by atoms with Gasteiger partial charge in [-0.2, -0.15) is 8.42 Å². The highest BCUT2D eigenvalue weighted by molar-refractivity contribution is 7.87. The number of amides is 6. The summed E-state index contributed by atoms with van der Waals surface area (Å²) in [5.41, 5.74) is 5.02. The zero-order valence-corrected chi connectivity index (χ0v) is 22.0. The summed E-state index contributed by atoms with van der Waals surface area (Å²) in [6, 6.07) is -2.96. The van der Waals surface area contributed by atoms with Crippen molar-refractivity contribution in [2.24, 2.45) is 17.6 Å². The highest BCUT2D eigenvalue weighted by Crippen LogP contribution is 2.13. The van der Waals surface area contributed by atoms with E-state index >= 15 is 0 Å². The average molecular weight is 546 g/mol. The Labute approximate surface area is 215 Å². The van der Waals surface area contributed by atoms with Crippen LogP contribution < -0.4 is 21.7 Å². The molecule has 1 aliphatic rings. The number of nitrogens with one attached hydrogen (secondary N) is 3. The number of carbonyl (C=O) groups excluding carboxylic acids is 6. The van der Waals surface area contributed by atoms with Crippen LogP contribution in [-0.4, -0.2) is 83.7 Å². The van der Waals surface area contributed by atoms with E-state index in [1.807, 2.05) is 0 Å². The first-order valence-corrected chi connectivity index (χ1v) is 13.2. The minimum Gasteiger partial charge on any atom is -0.352 e. The molecule has 1 aliphatic heterocycles. The molecule has 0 aromatic carbocycles. The molecule has 14 nitrogen and oxygen atoms in total. The summed E-state index contributed by atoms with van der Waals surface area (Å²) in [5.74, 6) is -4.62. The van der Waals surface area contributed by atoms with Gasteiger partial charge in [0, 0.05) is 31.2 Å². The van der Waals surface area contributed by atoms with E-state index in [1.54, 1.807) is 27.7 Å². The Morgan fingerprint density at radius 1 is 0.973 bits per heavy atom. The van der Waals surface area contributed by atoms with Crippen molar-refractivity contribution in [1.82, 2.24) is 20.9 Å². The largest absolute Gasteiger partial charge is 0.352 e. The van der Waals surface area contributed by atoms with Crippen LogP contribution in [0.1, 0.15) is 47.0 Å². The molecular formula is C22H35N5O9S. The van der Waals surface area contributed by atoms with Crippen LogP contribution in [-0.2, 0) is 34.1 Å². The van der Waals surface area contributed by atoms with E-state index in [9.17, 15) is 41.7 Å². The summed E-state index contributed by atoms with van der Waals surface area (Å²) in [4.78, 5) is 73.5. The standard InChI is InChI=1S/C22H35N5O9S/c1-12(2)18(21(32)25-14(19(30)13(3)4)6-5-10-24-22(23)33)26-20(31)15(37(34,35)36)9-11-27-16(28)7-8-17(27)29/h7-8,12-15,18H,5-6,9-11H2,1-4H3,(H,25,32)(H,26,31)(H3,23,24,33)(H,34,35,36)/t14-,15?,18?/m0/s1. The number of nitrogens with zero attached hydrogens (tertiary/aromatic N) is 1. The molecule has 37 heavy (non-hydrogen) atoms. The lowest BCUT2D eigenvalue weighted by Crippen LogP contribution is -2.56. The van der Waals surface area contributed by atoms with Gasteiger partial charge in [0.1, 0.15) is 6.04 Å². The summed E-state index contributed by atoms with van der Waals surface area (Å²) in [5, 5.41) is 5.19. The van der Waals surface area contributed by atoms with E-state index < -0.39 is 81.9 Å². The van der Waals surface area contributed by atoms with Crippen LogP contribution in [0.15, 0.2) is 12.2 Å². The molecule has 0 aromatic heterocycles. The van der Waals surface area contributed by atoms with Gasteiger partial charge in [-0.1, -0.05) is 27.7 Å². The van der Waals surface area contributed by atoms with E-state index in [0.29, 0.717) is 11.3 Å². The van der Waals surface area contributed by atoms with Crippen LogP contribution in [0.4, 0.5) is 4.79 Å². The summed E-state index contributed by atoms with van der Waals surface area (Å²) < 4.78 is 33.4. The molecule has 0 bridgehead atoms. The fourth-order valence-corrected chi connectivity index (χ4v) is 4.30. The third kappa shape index (κ3) is 9.92. The summed E-state index contributed by atoms with van der Waals surface area (Å²) in [6.07, 6.45) is 1.86. The van der Waals surface area contributed by atoms with E-state index in [-0.39, 0.29) is 18.7 Å². The van der Waals surface area contributed by atoms with E-state index in [0.717, 1.165) is 12.2 Å². The third-order valence-electron chi connectivity index (χ3n) is 5.61. The second kappa shape index (κ2) is 13.8. The van der Waals surface area contributed by atoms with Crippen molar-refractivity contribution in [1.29, 1.82) is 0 Å². The fourth-order valence-electron chi connectivity index (χ4n) is 3.56. The van der Waals surface area contributed by atoms with Crippen molar-refractivity contribution >= 4 is 45.6 Å². The Kier molecular flexibility index (Phi) is 11.9. The van der Waals surface area contributed by atoms with Gasteiger partial charge in [-0.25, -0.2) is 4.79 Å². The molecule has 0 aromatic rings. The molecule has 0 saturated carbocycles. The molecule has 0 spiro atoms. The van der Waals surface area contributed by atoms with Gasteiger partial charge in [-0.05, 0) is 25.2 Å². The zero-order chi connectivity index (χ0) is 28.5. The number of imide groups is 1. The smallest absolute Gasteiger partial charge is 0.312 e. The van der Waals surface area contributed by atoms with E-state index in [2.05, 4.69) is 16.0 Å². The predicted octanol–water partition coefficient (Wildman–Crippen LogP) is -1.14. The second-order valence-corrected chi connectivity index (χ2v) is 10.8. The molecule has 0 saturated heterocycles. The predicted molar refractivity (Wildman–Crippen MR) is 131 cm³/mol. The molecule has 15 heteroatoms. The number of nitrogens with two attached hydrogens (primary N) is 1. The minimum absolute atomic E-state index is 0.168. The van der Waals surface area contributed by atoms with Crippen LogP contribution in [0.2, 0.25) is 0 Å². The number of ketones is 1. The molecule has 6 amide bonds. The number of carbonyl (C=O) groups is 6. The highest BCUT2D eigenvalue weighted by Gasteiger charge is 2.37. The van der Waals surface area contributed by atoms with Crippen LogP contribution in [0.3, 0.4) is 0 Å². The summed E-state index contributed by atoms with van der Waals surface area (Å²) >= 11 is 0. The summed E-state index contributed by atoms with van der Waals surface area (Å²) in [7, 11) is -4.97. The Hall–Kier alpha value is -3.33. The Balaban J connectivity index is 2.97. The Morgan fingerprint density at radius 2 is 1.54 bits per heavy atom. The number of hydrogen-bond donors (Lipinski definition) is 5. The monoisotopic (exact) mass is 545 g/mol. The zero-order valence-electron chi connectivity index (χ0n) is 21.2. The molecule has 0 radical (unpaired) electrons. The lowest BCUT2D eigenvalue weighted by atomic mass is 9.96. The van der Waals surface area contributed by atoms with Gasteiger partial charge in [-0.15, -0.1) is 0 Å². The maximum Gasteiger partial charge on any atom is 0.312 e. The van der Waals surface area contributed by atoms with Crippen molar-refractivity contribution in [3.8, 4) is 0 Å². The van der Waals surface area contributed by atoms with Gasteiger partial charge < -0.3 is 21.7 Å². The van der Waals surface area contributed by atoms with Crippen molar-refractivity contribution in [3.63, 3.8) is 0 Å². The van der Waals surface area contributed by atoms with Crippen molar-refractivity contribution < 1.29 is 41.7 Å². The molecule has 1 heterocycles. The SMILES string of the molecule is CC(C)C(=O)[C@H](CCCNC(N)=O)NC(=O)C(NC(=O)C(CCN1C(=O)C=CC1=O)S(=O)(=O)O)C(C)C. The van der Waals surface area contributed by atoms with Gasteiger partial charge in [0.15, 0.2) is 11.0 Å². The Morgan fingerprint density at radius 3 is 2.00 bits per heavy atom. The maximum absolute atomic E-state index is 13.0. The molecular weight excluding hydrogens is 510 g/mol. The molecule has 0 aliphatic carbocycles. The molecule has 208 valence electrons. The third-order valence-corrected chi connectivity index (χ3v) is 6.78. The first-order valence-electron chi connectivity index (χ1n) is 11.7. The van der Waals surface area contributed by atoms with Crippen LogP contribution in [0.5, 0.6) is 0 Å². The molecule has 0 fully saturated rings. The van der Waals surface area contributed by atoms with Gasteiger partial charge in [0.2, 0.25) is 11.8 Å². The van der Waals surface area contributed by atoms with Crippen LogP contribution in [0, 0.1) is 11.8 Å². The molecule has 2 unspecified atom stereocenters. The first kappa shape index (κ1) is 31.7. The lowest BCUT2D eigenvalue weighted by Gasteiger charge is -2.27. The Bertz CT molecular complexity index is 1020. The fraction of sp³-hybridized carbons (Fsp3) is 0.636. The van der Waals surface area contributed by atoms with Crippen LogP contribution in [0.25, 0.3) is 0 Å². The maximum atomic E-state index is 13.0. The normalized spacial score (nSPS) is 16.0. The minimum atomic E-state index is -4.97. The lowest BCUT2D eigenvalue weighted by molar-refractivity contribution is -0.137. The second-order valence-electron chi connectivity index (χ2n) is 9.24. The van der Waals surface area contributed by atoms with Gasteiger partial charge >= 0.3 is 6.03 Å². The highest BCUT2D eigenvalue weighted by atomic mass is 32.2. The van der Waals surface area contributed by atoms with E-state index in [1.165, 1.54) is 0 Å². The first-order chi connectivity index (χ1) is 17.1. The van der Waals surface area contributed by atoms with Crippen molar-refractivity contribution in [2.75, 3.05) is 13.1 Å². The molecule has 3 atom stereocenters. The topological polar surface area (TPSA) is 222 Å². The number of urea groups is 1. The number of rotatable bonds is 15. The summed E-state index contributed by atoms with van der Waals surface area (Å²) in [6.45, 7) is 6.17. The van der Waals surface area contributed by atoms with Gasteiger partial charge in [0.05, 0.1) is 6.04 Å². The number of primary amides is 1. The molecule has 1 rings (SSSR count). The number of Topliss-reactive ketones (excluding diaryl/α,β-unsaturated/α-hetero) is 1. The quantitative estimate of drug-likeness (QED) is 0.0951. The van der Waals surface area contributed by atoms with Gasteiger partial charge in [-0.3, -0.25) is 33.4 Å². The molecule has 6 N–H and O–H groups in total. The van der Waals surface area contributed by atoms with E-state index in [4.69, 9.17) is 5.73 Å². The number of hydrogen-bond acceptors (Lipinski definition) is 8. The van der Waals surface area contributed by atoms with Crippen molar-refractivity contribution in [3.05, 3.63) is 12.2 Å². The van der Waals surface area contributed by atoms with Gasteiger partial charge in [0.25, 0.3) is 21.9 Å². The van der Waals surface area contributed by atoms with Crippen LogP contribution >= 0.6 is 0 Å².